The summed E-state index contributed by atoms with van der Waals surface area (Å²) in [6.45, 7) is 0.191. The zero-order valence-corrected chi connectivity index (χ0v) is 18.5. The van der Waals surface area contributed by atoms with E-state index < -0.39 is 10.0 Å². The number of amides is 1. The molecular weight excluding hydrogens is 432 g/mol. The topological polar surface area (TPSA) is 84.5 Å². The van der Waals surface area contributed by atoms with Crippen LogP contribution in [-0.4, -0.2) is 51.3 Å². The predicted molar refractivity (Wildman–Crippen MR) is 115 cm³/mol. The molecule has 3 aliphatic rings. The molecule has 0 aromatic heterocycles. The Hall–Kier alpha value is -1.06. The number of benzene rings is 1. The molecule has 6 unspecified atom stereocenters. The second-order valence-corrected chi connectivity index (χ2v) is 10.9. The average Bonchev–Trinajstić information content (AvgIpc) is 3.22. The zero-order chi connectivity index (χ0) is 20.6. The van der Waals surface area contributed by atoms with Gasteiger partial charge in [-0.1, -0.05) is 18.2 Å². The van der Waals surface area contributed by atoms with Crippen molar-refractivity contribution in [2.75, 3.05) is 19.5 Å². The molecule has 2 heterocycles. The van der Waals surface area contributed by atoms with Crippen LogP contribution >= 0.6 is 23.4 Å². The van der Waals surface area contributed by atoms with Gasteiger partial charge in [-0.05, 0) is 41.9 Å². The first-order valence-corrected chi connectivity index (χ1v) is 12.7. The lowest BCUT2D eigenvalue weighted by molar-refractivity contribution is -0.127. The van der Waals surface area contributed by atoms with E-state index in [4.69, 9.17) is 16.3 Å². The SMILES string of the molecule is COC1CCC2NC(=O)C3SC=CC3C2C1c1ccc(S(=O)(=O)NCCCl)cc1. The molecule has 0 spiro atoms. The number of hydrogen-bond acceptors (Lipinski definition) is 5. The lowest BCUT2D eigenvalue weighted by Gasteiger charge is -2.49. The Bertz CT molecular complexity index is 890. The summed E-state index contributed by atoms with van der Waals surface area (Å²) in [5.74, 6) is 0.808. The fourth-order valence-corrected chi connectivity index (χ4v) is 7.29. The van der Waals surface area contributed by atoms with Crippen molar-refractivity contribution < 1.29 is 17.9 Å². The molecule has 9 heteroatoms. The van der Waals surface area contributed by atoms with Crippen LogP contribution in [0.15, 0.2) is 40.6 Å². The summed E-state index contributed by atoms with van der Waals surface area (Å²) in [6, 6.07) is 7.15. The lowest BCUT2D eigenvalue weighted by atomic mass is 9.63. The van der Waals surface area contributed by atoms with E-state index in [2.05, 4.69) is 16.1 Å². The van der Waals surface area contributed by atoms with Gasteiger partial charge in [-0.25, -0.2) is 13.1 Å². The van der Waals surface area contributed by atoms with Gasteiger partial charge in [0, 0.05) is 37.4 Å². The highest BCUT2D eigenvalue weighted by molar-refractivity contribution is 8.03. The third-order valence-corrected chi connectivity index (χ3v) is 9.01. The standard InChI is InChI=1S/C20H25ClN2O4S2/c1-27-16-7-6-15-18(14-8-11-28-19(14)20(24)23-15)17(16)12-2-4-13(5-3-12)29(25,26)22-10-9-21/h2-5,8,11,14-19,22H,6-7,9-10H2,1H3,(H,23,24). The summed E-state index contributed by atoms with van der Waals surface area (Å²) in [6.07, 6.45) is 3.93. The number of piperidine rings is 1. The van der Waals surface area contributed by atoms with Crippen molar-refractivity contribution in [3.63, 3.8) is 0 Å². The number of carbonyl (C=O) groups excluding carboxylic acids is 1. The van der Waals surface area contributed by atoms with Crippen molar-refractivity contribution in [1.82, 2.24) is 10.0 Å². The van der Waals surface area contributed by atoms with Crippen LogP contribution in [0.5, 0.6) is 0 Å². The number of methoxy groups -OCH3 is 1. The summed E-state index contributed by atoms with van der Waals surface area (Å²) >= 11 is 7.17. The third-order valence-electron chi connectivity index (χ3n) is 6.21. The number of nitrogens with one attached hydrogen (secondary N) is 2. The maximum absolute atomic E-state index is 12.5. The maximum Gasteiger partial charge on any atom is 0.240 e. The summed E-state index contributed by atoms with van der Waals surface area (Å²) in [5, 5.41) is 5.16. The van der Waals surface area contributed by atoms with Gasteiger partial charge in [-0.3, -0.25) is 4.79 Å². The molecule has 1 amide bonds. The maximum atomic E-state index is 12.5. The van der Waals surface area contributed by atoms with Crippen LogP contribution < -0.4 is 10.0 Å². The van der Waals surface area contributed by atoms with Gasteiger partial charge in [-0.15, -0.1) is 23.4 Å². The average molecular weight is 457 g/mol. The first-order valence-electron chi connectivity index (χ1n) is 9.77. The smallest absolute Gasteiger partial charge is 0.240 e. The Kier molecular flexibility index (Phi) is 6.27. The van der Waals surface area contributed by atoms with Gasteiger partial charge in [0.1, 0.15) is 0 Å². The van der Waals surface area contributed by atoms with E-state index >= 15 is 0 Å². The summed E-state index contributed by atoms with van der Waals surface area (Å²) in [7, 11) is -1.84. The Morgan fingerprint density at radius 2 is 2.03 bits per heavy atom. The van der Waals surface area contributed by atoms with Crippen LogP contribution in [0.1, 0.15) is 24.3 Å². The Morgan fingerprint density at radius 3 is 2.72 bits per heavy atom. The minimum Gasteiger partial charge on any atom is -0.381 e. The molecule has 6 atom stereocenters. The van der Waals surface area contributed by atoms with E-state index in [1.165, 1.54) is 0 Å². The van der Waals surface area contributed by atoms with Crippen LogP contribution in [0.4, 0.5) is 0 Å². The van der Waals surface area contributed by atoms with Crippen molar-refractivity contribution in [3.05, 3.63) is 41.3 Å². The summed E-state index contributed by atoms with van der Waals surface area (Å²) in [5.41, 5.74) is 1.04. The van der Waals surface area contributed by atoms with Crippen molar-refractivity contribution in [2.45, 2.75) is 41.1 Å². The number of hydrogen-bond donors (Lipinski definition) is 2. The molecule has 1 aromatic rings. The Labute approximate surface area is 180 Å². The predicted octanol–water partition coefficient (Wildman–Crippen LogP) is 2.46. The van der Waals surface area contributed by atoms with Gasteiger partial charge in [0.25, 0.3) is 0 Å². The normalized spacial score (nSPS) is 33.8. The van der Waals surface area contributed by atoms with Crippen LogP contribution in [-0.2, 0) is 19.6 Å². The van der Waals surface area contributed by atoms with E-state index in [0.29, 0.717) is 0 Å². The van der Waals surface area contributed by atoms with E-state index in [9.17, 15) is 13.2 Å². The minimum absolute atomic E-state index is 0.0303. The highest BCUT2D eigenvalue weighted by Crippen LogP contribution is 2.50. The second kappa shape index (κ2) is 8.59. The van der Waals surface area contributed by atoms with E-state index in [1.807, 2.05) is 17.5 Å². The van der Waals surface area contributed by atoms with Crippen LogP contribution in [0.25, 0.3) is 0 Å². The van der Waals surface area contributed by atoms with Crippen LogP contribution in [0.2, 0.25) is 0 Å². The molecule has 158 valence electrons. The van der Waals surface area contributed by atoms with Gasteiger partial charge in [-0.2, -0.15) is 0 Å². The molecule has 1 saturated carbocycles. The molecule has 2 N–H and O–H groups in total. The number of ether oxygens (including phenoxy) is 1. The van der Waals surface area contributed by atoms with E-state index in [1.54, 1.807) is 31.0 Å². The van der Waals surface area contributed by atoms with Gasteiger partial charge in [0.15, 0.2) is 0 Å². The number of sulfonamides is 1. The molecule has 0 radical (unpaired) electrons. The summed E-state index contributed by atoms with van der Waals surface area (Å²) < 4.78 is 33.0. The molecule has 4 rings (SSSR count). The van der Waals surface area contributed by atoms with Gasteiger partial charge in [0.05, 0.1) is 16.2 Å². The zero-order valence-electron chi connectivity index (χ0n) is 16.1. The molecular formula is C20H25ClN2O4S2. The van der Waals surface area contributed by atoms with Crippen molar-refractivity contribution in [3.8, 4) is 0 Å². The minimum atomic E-state index is -3.57. The van der Waals surface area contributed by atoms with Crippen molar-refractivity contribution in [2.24, 2.45) is 11.8 Å². The molecule has 2 aliphatic heterocycles. The molecule has 1 aliphatic carbocycles. The monoisotopic (exact) mass is 456 g/mol. The Morgan fingerprint density at radius 1 is 1.28 bits per heavy atom. The molecule has 1 aromatic carbocycles. The molecule has 2 fully saturated rings. The van der Waals surface area contributed by atoms with Gasteiger partial charge in [0.2, 0.25) is 15.9 Å². The highest BCUT2D eigenvalue weighted by Gasteiger charge is 2.52. The number of fused-ring (bicyclic) bond motifs is 3. The van der Waals surface area contributed by atoms with E-state index in [0.717, 1.165) is 18.4 Å². The van der Waals surface area contributed by atoms with Gasteiger partial charge >= 0.3 is 0 Å². The number of allylic oxidation sites excluding steroid dienone is 1. The number of thioether (sulfide) groups is 1. The third kappa shape index (κ3) is 3.97. The molecule has 1 saturated heterocycles. The number of halogens is 1. The Balaban J connectivity index is 1.66. The number of rotatable bonds is 6. The lowest BCUT2D eigenvalue weighted by Crippen LogP contribution is -2.59. The number of alkyl halides is 1. The van der Waals surface area contributed by atoms with Crippen LogP contribution in [0, 0.1) is 11.8 Å². The van der Waals surface area contributed by atoms with Gasteiger partial charge < -0.3 is 10.1 Å². The second-order valence-electron chi connectivity index (χ2n) is 7.69. The largest absolute Gasteiger partial charge is 0.381 e. The van der Waals surface area contributed by atoms with E-state index in [-0.39, 0.29) is 58.4 Å². The fourth-order valence-electron chi connectivity index (χ4n) is 4.96. The van der Waals surface area contributed by atoms with Crippen molar-refractivity contribution in [1.29, 1.82) is 0 Å². The molecule has 29 heavy (non-hydrogen) atoms. The number of carbonyl (C=O) groups is 1. The van der Waals surface area contributed by atoms with Crippen LogP contribution in [0.3, 0.4) is 0 Å². The quantitative estimate of drug-likeness (QED) is 0.642. The summed E-state index contributed by atoms with van der Waals surface area (Å²) in [4.78, 5) is 12.7. The molecule has 0 bridgehead atoms. The molecule has 6 nitrogen and oxygen atoms in total. The first-order chi connectivity index (χ1) is 14.0. The first kappa shape index (κ1) is 21.2. The van der Waals surface area contributed by atoms with Crippen molar-refractivity contribution >= 4 is 39.3 Å². The fraction of sp³-hybridized carbons (Fsp3) is 0.550. The highest BCUT2D eigenvalue weighted by atomic mass is 35.5.